The van der Waals surface area contributed by atoms with Gasteiger partial charge in [0.25, 0.3) is 0 Å². The Kier molecular flexibility index (Phi) is 5.74. The molecule has 1 aliphatic rings. The van der Waals surface area contributed by atoms with Gasteiger partial charge in [0.2, 0.25) is 0 Å². The van der Waals surface area contributed by atoms with Gasteiger partial charge >= 0.3 is 6.09 Å². The summed E-state index contributed by atoms with van der Waals surface area (Å²) >= 11 is 3.57. The molecule has 4 nitrogen and oxygen atoms in total. The second kappa shape index (κ2) is 7.39. The molecule has 0 saturated carbocycles. The molecule has 23 heavy (non-hydrogen) atoms. The molecule has 1 heterocycles. The third-order valence-corrected chi connectivity index (χ3v) is 4.34. The Labute approximate surface area is 146 Å². The fourth-order valence-electron chi connectivity index (χ4n) is 2.43. The van der Waals surface area contributed by atoms with E-state index in [1.165, 1.54) is 5.57 Å². The van der Waals surface area contributed by atoms with E-state index < -0.39 is 5.60 Å². The monoisotopic (exact) mass is 381 g/mol. The van der Waals surface area contributed by atoms with Gasteiger partial charge in [-0.15, -0.1) is 0 Å². The van der Waals surface area contributed by atoms with Crippen LogP contribution in [0.2, 0.25) is 0 Å². The van der Waals surface area contributed by atoms with Gasteiger partial charge in [0.1, 0.15) is 11.4 Å². The smallest absolute Gasteiger partial charge is 0.410 e. The number of carbonyl (C=O) groups excluding carboxylic acids is 1. The number of likely N-dealkylation sites (tertiary alicyclic amines) is 1. The second-order valence-electron chi connectivity index (χ2n) is 6.66. The maximum absolute atomic E-state index is 12.1. The minimum Gasteiger partial charge on any atom is -0.497 e. The zero-order valence-corrected chi connectivity index (χ0v) is 15.8. The molecular weight excluding hydrogens is 358 g/mol. The summed E-state index contributed by atoms with van der Waals surface area (Å²) in [6, 6.07) is 5.93. The van der Waals surface area contributed by atoms with Crippen LogP contribution in [0.1, 0.15) is 39.2 Å². The predicted molar refractivity (Wildman–Crippen MR) is 95.7 cm³/mol. The topological polar surface area (TPSA) is 38.8 Å². The quantitative estimate of drug-likeness (QED) is 0.733. The SMILES string of the molecule is COc1ccc(Br)c(C=C2CCN(C(=O)OC(C)(C)C)CC2)c1. The molecule has 1 aromatic carbocycles. The van der Waals surface area contributed by atoms with Crippen molar-refractivity contribution in [3.05, 3.63) is 33.8 Å². The molecule has 0 atom stereocenters. The highest BCUT2D eigenvalue weighted by Gasteiger charge is 2.24. The Hall–Kier alpha value is -1.49. The molecule has 126 valence electrons. The molecule has 0 bridgehead atoms. The molecule has 5 heteroatoms. The predicted octanol–water partition coefficient (Wildman–Crippen LogP) is 4.87. The number of benzene rings is 1. The van der Waals surface area contributed by atoms with Gasteiger partial charge in [-0.05, 0) is 57.4 Å². The van der Waals surface area contributed by atoms with Gasteiger partial charge < -0.3 is 14.4 Å². The molecule has 1 saturated heterocycles. The molecule has 1 aromatic rings. The first-order chi connectivity index (χ1) is 10.8. The summed E-state index contributed by atoms with van der Waals surface area (Å²) in [6.07, 6.45) is 3.68. The molecule has 1 amide bonds. The Morgan fingerprint density at radius 2 is 1.91 bits per heavy atom. The van der Waals surface area contributed by atoms with Crippen LogP contribution in [0.15, 0.2) is 28.2 Å². The number of carbonyl (C=O) groups is 1. The van der Waals surface area contributed by atoms with E-state index in [1.54, 1.807) is 12.0 Å². The van der Waals surface area contributed by atoms with E-state index in [2.05, 4.69) is 22.0 Å². The fourth-order valence-corrected chi connectivity index (χ4v) is 2.79. The molecule has 0 N–H and O–H groups in total. The first-order valence-corrected chi connectivity index (χ1v) is 8.59. The first-order valence-electron chi connectivity index (χ1n) is 7.79. The van der Waals surface area contributed by atoms with E-state index in [4.69, 9.17) is 9.47 Å². The van der Waals surface area contributed by atoms with Crippen LogP contribution in [0, 0.1) is 0 Å². The lowest BCUT2D eigenvalue weighted by molar-refractivity contribution is 0.0237. The van der Waals surface area contributed by atoms with Crippen LogP contribution >= 0.6 is 15.9 Å². The summed E-state index contributed by atoms with van der Waals surface area (Å²) < 4.78 is 11.7. The number of piperidine rings is 1. The van der Waals surface area contributed by atoms with Crippen molar-refractivity contribution in [2.45, 2.75) is 39.2 Å². The average molecular weight is 382 g/mol. The van der Waals surface area contributed by atoms with Crippen molar-refractivity contribution in [2.75, 3.05) is 20.2 Å². The number of hydrogen-bond donors (Lipinski definition) is 0. The van der Waals surface area contributed by atoms with Gasteiger partial charge in [0.05, 0.1) is 7.11 Å². The Morgan fingerprint density at radius 1 is 1.26 bits per heavy atom. The third kappa shape index (κ3) is 5.27. The maximum atomic E-state index is 12.1. The maximum Gasteiger partial charge on any atom is 0.410 e. The van der Waals surface area contributed by atoms with Gasteiger partial charge in [-0.3, -0.25) is 0 Å². The van der Waals surface area contributed by atoms with Crippen molar-refractivity contribution in [2.24, 2.45) is 0 Å². The second-order valence-corrected chi connectivity index (χ2v) is 7.51. The molecular formula is C18H24BrNO3. The molecule has 0 radical (unpaired) electrons. The van der Waals surface area contributed by atoms with Crippen molar-refractivity contribution in [3.8, 4) is 5.75 Å². The largest absolute Gasteiger partial charge is 0.497 e. The van der Waals surface area contributed by atoms with Gasteiger partial charge in [0.15, 0.2) is 0 Å². The van der Waals surface area contributed by atoms with Crippen LogP contribution in [0.25, 0.3) is 6.08 Å². The zero-order valence-electron chi connectivity index (χ0n) is 14.2. The molecule has 0 aromatic heterocycles. The summed E-state index contributed by atoms with van der Waals surface area (Å²) in [4.78, 5) is 13.9. The summed E-state index contributed by atoms with van der Waals surface area (Å²) in [5.41, 5.74) is 1.99. The van der Waals surface area contributed by atoms with Gasteiger partial charge in [-0.2, -0.15) is 0 Å². The lowest BCUT2D eigenvalue weighted by Gasteiger charge is -2.31. The van der Waals surface area contributed by atoms with E-state index in [0.717, 1.165) is 28.6 Å². The summed E-state index contributed by atoms with van der Waals surface area (Å²) in [5, 5.41) is 0. The standard InChI is InChI=1S/C18H24BrNO3/c1-18(2,3)23-17(21)20-9-7-13(8-10-20)11-14-12-15(22-4)5-6-16(14)19/h5-6,11-12H,7-10H2,1-4H3. The summed E-state index contributed by atoms with van der Waals surface area (Å²) in [7, 11) is 1.67. The molecule has 1 fully saturated rings. The highest BCUT2D eigenvalue weighted by Crippen LogP contribution is 2.27. The molecule has 2 rings (SSSR count). The Balaban J connectivity index is 2.00. The van der Waals surface area contributed by atoms with Crippen LogP contribution in [0.3, 0.4) is 0 Å². The molecule has 0 aliphatic carbocycles. The summed E-state index contributed by atoms with van der Waals surface area (Å²) in [6.45, 7) is 7.06. The molecule has 0 spiro atoms. The van der Waals surface area contributed by atoms with E-state index >= 15 is 0 Å². The van der Waals surface area contributed by atoms with Crippen molar-refractivity contribution in [1.29, 1.82) is 0 Å². The van der Waals surface area contributed by atoms with Crippen molar-refractivity contribution in [1.82, 2.24) is 4.90 Å². The molecule has 0 unspecified atom stereocenters. The van der Waals surface area contributed by atoms with Gasteiger partial charge in [0, 0.05) is 17.6 Å². The third-order valence-electron chi connectivity index (χ3n) is 3.62. The Morgan fingerprint density at radius 3 is 2.48 bits per heavy atom. The number of methoxy groups -OCH3 is 1. The van der Waals surface area contributed by atoms with E-state index in [-0.39, 0.29) is 6.09 Å². The number of rotatable bonds is 2. The first kappa shape index (κ1) is 17.9. The van der Waals surface area contributed by atoms with Crippen molar-refractivity contribution in [3.63, 3.8) is 0 Å². The van der Waals surface area contributed by atoms with Crippen LogP contribution < -0.4 is 4.74 Å². The van der Waals surface area contributed by atoms with Crippen molar-refractivity contribution >= 4 is 28.1 Å². The number of nitrogens with zero attached hydrogens (tertiary/aromatic N) is 1. The number of hydrogen-bond acceptors (Lipinski definition) is 3. The minimum absolute atomic E-state index is 0.223. The Bertz CT molecular complexity index is 595. The normalized spacial score (nSPS) is 15.3. The van der Waals surface area contributed by atoms with Crippen LogP contribution in [-0.4, -0.2) is 36.8 Å². The van der Waals surface area contributed by atoms with Gasteiger partial charge in [-0.1, -0.05) is 27.6 Å². The van der Waals surface area contributed by atoms with E-state index in [9.17, 15) is 4.79 Å². The highest BCUT2D eigenvalue weighted by molar-refractivity contribution is 9.10. The van der Waals surface area contributed by atoms with Crippen LogP contribution in [0.4, 0.5) is 4.79 Å². The van der Waals surface area contributed by atoms with Crippen LogP contribution in [0.5, 0.6) is 5.75 Å². The lowest BCUT2D eigenvalue weighted by atomic mass is 10.0. The highest BCUT2D eigenvalue weighted by atomic mass is 79.9. The van der Waals surface area contributed by atoms with E-state index in [0.29, 0.717) is 13.1 Å². The fraction of sp³-hybridized carbons (Fsp3) is 0.500. The number of ether oxygens (including phenoxy) is 2. The van der Waals surface area contributed by atoms with E-state index in [1.807, 2.05) is 39.0 Å². The van der Waals surface area contributed by atoms with Gasteiger partial charge in [-0.25, -0.2) is 4.79 Å². The zero-order chi connectivity index (χ0) is 17.0. The lowest BCUT2D eigenvalue weighted by Crippen LogP contribution is -2.40. The summed E-state index contributed by atoms with van der Waals surface area (Å²) in [5.74, 6) is 0.839. The minimum atomic E-state index is -0.446. The number of amides is 1. The molecule has 1 aliphatic heterocycles. The van der Waals surface area contributed by atoms with Crippen molar-refractivity contribution < 1.29 is 14.3 Å². The number of halogens is 1. The van der Waals surface area contributed by atoms with Crippen LogP contribution in [-0.2, 0) is 4.74 Å². The average Bonchev–Trinajstić information content (AvgIpc) is 2.48.